The molecular formula is C41H55ClN6O8. The van der Waals surface area contributed by atoms with Crippen molar-refractivity contribution in [3.8, 4) is 11.1 Å². The highest BCUT2D eigenvalue weighted by Gasteiger charge is 2.29. The van der Waals surface area contributed by atoms with Gasteiger partial charge in [-0.25, -0.2) is 0 Å². The van der Waals surface area contributed by atoms with Gasteiger partial charge in [-0.15, -0.1) is 12.4 Å². The molecule has 0 aliphatic heterocycles. The molecule has 1 fully saturated rings. The number of benzene rings is 3. The summed E-state index contributed by atoms with van der Waals surface area (Å²) in [5, 5.41) is 14.7. The molecule has 15 heteroatoms. The standard InChI is InChI=1S/C41H54N6O8.ClH/c1-27-23-32(38(48)43-15-16-53-19-20-55-22-21-54-18-17-52-2)11-13-34(27)30-7-3-28(4-8-30)24-37(45-39(49)31-9-5-29(26-42)6-10-31)41(51)44-33-12-14-35-36(25-33)46-47-40(35)50;/h3-4,7-8,11-14,23,25,29,31,37H,5-6,9-10,15-22,24,26,42H2,1-2H3,(H,43,48)(H,44,51)(H,45,49)(H2,46,47,50);1H/t29?,31?,37-;/m0./s1. The van der Waals surface area contributed by atoms with Gasteiger partial charge in [-0.05, 0) is 97.7 Å². The summed E-state index contributed by atoms with van der Waals surface area (Å²) in [6.07, 6.45) is 3.55. The summed E-state index contributed by atoms with van der Waals surface area (Å²) in [5.74, 6) is -0.412. The number of aromatic amines is 2. The number of nitrogens with one attached hydrogen (secondary N) is 5. The average Bonchev–Trinajstić information content (AvgIpc) is 3.57. The fourth-order valence-corrected chi connectivity index (χ4v) is 6.71. The molecule has 1 saturated carbocycles. The lowest BCUT2D eigenvalue weighted by Gasteiger charge is -2.28. The molecule has 0 saturated heterocycles. The number of amides is 3. The number of fused-ring (bicyclic) bond motifs is 1. The highest BCUT2D eigenvalue weighted by Crippen LogP contribution is 2.29. The smallest absolute Gasteiger partial charge is 0.271 e. The van der Waals surface area contributed by atoms with Crippen molar-refractivity contribution in [2.24, 2.45) is 17.6 Å². The second-order valence-electron chi connectivity index (χ2n) is 13.9. The normalized spacial score (nSPS) is 15.8. The number of H-pyrrole nitrogens is 2. The minimum absolute atomic E-state index is 0. The van der Waals surface area contributed by atoms with Gasteiger partial charge in [-0.2, -0.15) is 0 Å². The number of halogens is 1. The fourth-order valence-electron chi connectivity index (χ4n) is 6.71. The Kier molecular flexibility index (Phi) is 18.0. The molecule has 3 amide bonds. The molecule has 1 aliphatic carbocycles. The first-order valence-electron chi connectivity index (χ1n) is 19.0. The molecule has 0 spiro atoms. The molecule has 304 valence electrons. The van der Waals surface area contributed by atoms with Crippen LogP contribution in [0.25, 0.3) is 22.0 Å². The molecule has 1 heterocycles. The minimum atomic E-state index is -0.832. The van der Waals surface area contributed by atoms with Crippen molar-refractivity contribution in [3.05, 3.63) is 87.7 Å². The molecule has 4 aromatic rings. The summed E-state index contributed by atoms with van der Waals surface area (Å²) >= 11 is 0. The van der Waals surface area contributed by atoms with Crippen LogP contribution in [0, 0.1) is 18.8 Å². The molecule has 0 bridgehead atoms. The van der Waals surface area contributed by atoms with Crippen LogP contribution in [0.1, 0.15) is 47.2 Å². The van der Waals surface area contributed by atoms with E-state index in [0.29, 0.717) is 87.4 Å². The summed E-state index contributed by atoms with van der Waals surface area (Å²) in [4.78, 5) is 51.9. The number of ether oxygens (including phenoxy) is 4. The van der Waals surface area contributed by atoms with Crippen LogP contribution in [0.2, 0.25) is 0 Å². The maximum absolute atomic E-state index is 13.7. The van der Waals surface area contributed by atoms with E-state index in [1.165, 1.54) is 0 Å². The van der Waals surface area contributed by atoms with Gasteiger partial charge in [-0.3, -0.25) is 29.4 Å². The zero-order valence-electron chi connectivity index (χ0n) is 32.2. The summed E-state index contributed by atoms with van der Waals surface area (Å²) in [6, 6.07) is 17.6. The Hall–Kier alpha value is -4.57. The molecule has 7 N–H and O–H groups in total. The van der Waals surface area contributed by atoms with E-state index in [0.717, 1.165) is 47.9 Å². The third-order valence-corrected chi connectivity index (χ3v) is 9.93. The molecular weight excluding hydrogens is 740 g/mol. The number of aromatic nitrogens is 2. The Labute approximate surface area is 333 Å². The number of carbonyl (C=O) groups excluding carboxylic acids is 3. The van der Waals surface area contributed by atoms with E-state index < -0.39 is 6.04 Å². The van der Waals surface area contributed by atoms with Gasteiger partial charge in [0.05, 0.1) is 57.2 Å². The molecule has 1 aromatic heterocycles. The van der Waals surface area contributed by atoms with Gasteiger partial charge in [-0.1, -0.05) is 30.3 Å². The van der Waals surface area contributed by atoms with Gasteiger partial charge in [0.2, 0.25) is 11.8 Å². The van der Waals surface area contributed by atoms with Crippen molar-refractivity contribution in [1.82, 2.24) is 20.8 Å². The lowest BCUT2D eigenvalue weighted by Crippen LogP contribution is -2.48. The number of methoxy groups -OCH3 is 1. The minimum Gasteiger partial charge on any atom is -0.382 e. The van der Waals surface area contributed by atoms with Crippen LogP contribution in [-0.4, -0.2) is 100 Å². The molecule has 1 aliphatic rings. The van der Waals surface area contributed by atoms with Gasteiger partial charge in [0.15, 0.2) is 0 Å². The summed E-state index contributed by atoms with van der Waals surface area (Å²) in [5.41, 5.74) is 11.0. The number of nitrogens with two attached hydrogens (primary N) is 1. The maximum atomic E-state index is 13.7. The second kappa shape index (κ2) is 22.9. The third kappa shape index (κ3) is 13.0. The van der Waals surface area contributed by atoms with Crippen LogP contribution < -0.4 is 27.2 Å². The number of anilines is 1. The number of hydrogen-bond donors (Lipinski definition) is 6. The quantitative estimate of drug-likeness (QED) is 0.0673. The zero-order chi connectivity index (χ0) is 39.0. The lowest BCUT2D eigenvalue weighted by molar-refractivity contribution is -0.130. The SMILES string of the molecule is COCCOCCOCCOCCNC(=O)c1ccc(-c2ccc(C[C@H](NC(=O)C3CCC(CN)CC3)C(=O)Nc3ccc4c(=O)[nH][nH]c4c3)cc2)c(C)c1.Cl. The molecule has 14 nitrogen and oxygen atoms in total. The van der Waals surface area contributed by atoms with E-state index >= 15 is 0 Å². The Morgan fingerprint density at radius 2 is 1.52 bits per heavy atom. The largest absolute Gasteiger partial charge is 0.382 e. The van der Waals surface area contributed by atoms with Gasteiger partial charge >= 0.3 is 0 Å². The first kappa shape index (κ1) is 44.1. The third-order valence-electron chi connectivity index (χ3n) is 9.93. The topological polar surface area (TPSA) is 199 Å². The molecule has 5 rings (SSSR count). The van der Waals surface area contributed by atoms with Crippen LogP contribution in [0.4, 0.5) is 5.69 Å². The van der Waals surface area contributed by atoms with Crippen molar-refractivity contribution in [2.75, 3.05) is 71.8 Å². The van der Waals surface area contributed by atoms with E-state index in [1.54, 1.807) is 31.4 Å². The average molecular weight is 795 g/mol. The van der Waals surface area contributed by atoms with Crippen molar-refractivity contribution >= 4 is 46.7 Å². The van der Waals surface area contributed by atoms with Crippen molar-refractivity contribution in [1.29, 1.82) is 0 Å². The van der Waals surface area contributed by atoms with E-state index in [4.69, 9.17) is 24.7 Å². The predicted molar refractivity (Wildman–Crippen MR) is 218 cm³/mol. The number of rotatable bonds is 21. The Bertz CT molecular complexity index is 1910. The Morgan fingerprint density at radius 3 is 2.18 bits per heavy atom. The number of aryl methyl sites for hydroxylation is 1. The first-order chi connectivity index (χ1) is 26.7. The first-order valence-corrected chi connectivity index (χ1v) is 19.0. The van der Waals surface area contributed by atoms with Crippen molar-refractivity contribution in [2.45, 2.75) is 45.1 Å². The number of carbonyl (C=O) groups is 3. The molecule has 56 heavy (non-hydrogen) atoms. The summed E-state index contributed by atoms with van der Waals surface area (Å²) in [6.45, 7) is 6.28. The summed E-state index contributed by atoms with van der Waals surface area (Å²) < 4.78 is 21.3. The second-order valence-corrected chi connectivity index (χ2v) is 13.9. The highest BCUT2D eigenvalue weighted by molar-refractivity contribution is 5.99. The van der Waals surface area contributed by atoms with E-state index in [-0.39, 0.29) is 48.0 Å². The van der Waals surface area contributed by atoms with E-state index in [1.807, 2.05) is 43.3 Å². The van der Waals surface area contributed by atoms with Crippen LogP contribution in [0.3, 0.4) is 0 Å². The molecule has 0 unspecified atom stereocenters. The highest BCUT2D eigenvalue weighted by atomic mass is 35.5. The van der Waals surface area contributed by atoms with Gasteiger partial charge in [0.1, 0.15) is 6.04 Å². The Morgan fingerprint density at radius 1 is 0.839 bits per heavy atom. The maximum Gasteiger partial charge on any atom is 0.271 e. The van der Waals surface area contributed by atoms with Gasteiger partial charge in [0.25, 0.3) is 11.5 Å². The van der Waals surface area contributed by atoms with Gasteiger partial charge < -0.3 is 40.6 Å². The Balaban J connectivity index is 0.00000696. The van der Waals surface area contributed by atoms with E-state index in [2.05, 4.69) is 26.1 Å². The fraction of sp³-hybridized carbons (Fsp3) is 0.463. The van der Waals surface area contributed by atoms with Crippen LogP contribution in [0.15, 0.2) is 65.5 Å². The molecule has 0 radical (unpaired) electrons. The zero-order valence-corrected chi connectivity index (χ0v) is 33.0. The van der Waals surface area contributed by atoms with Crippen LogP contribution in [-0.2, 0) is 35.0 Å². The monoisotopic (exact) mass is 794 g/mol. The van der Waals surface area contributed by atoms with Crippen molar-refractivity contribution in [3.63, 3.8) is 0 Å². The molecule has 3 aromatic carbocycles. The number of hydrogen-bond acceptors (Lipinski definition) is 9. The van der Waals surface area contributed by atoms with Crippen LogP contribution in [0.5, 0.6) is 0 Å². The molecule has 1 atom stereocenters. The lowest BCUT2D eigenvalue weighted by atomic mass is 9.81. The van der Waals surface area contributed by atoms with Crippen LogP contribution >= 0.6 is 12.4 Å². The summed E-state index contributed by atoms with van der Waals surface area (Å²) in [7, 11) is 1.63. The van der Waals surface area contributed by atoms with E-state index in [9.17, 15) is 19.2 Å². The van der Waals surface area contributed by atoms with Crippen molar-refractivity contribution < 1.29 is 33.3 Å². The van der Waals surface area contributed by atoms with Gasteiger partial charge in [0, 0.05) is 37.2 Å². The predicted octanol–water partition coefficient (Wildman–Crippen LogP) is 4.11.